The zero-order valence-electron chi connectivity index (χ0n) is 16.8. The molecule has 0 aliphatic carbocycles. The molecule has 0 bridgehead atoms. The van der Waals surface area contributed by atoms with Crippen LogP contribution in [0, 0.1) is 0 Å². The highest BCUT2D eigenvalue weighted by molar-refractivity contribution is 7.09. The Labute approximate surface area is 180 Å². The Hall–Kier alpha value is -2.54. The number of amides is 1. The maximum absolute atomic E-state index is 13.3. The number of carbonyl (C=O) groups excluding carboxylic acids is 1. The highest BCUT2D eigenvalue weighted by Crippen LogP contribution is 2.33. The van der Waals surface area contributed by atoms with Crippen LogP contribution in [0.5, 0.6) is 0 Å². The number of ether oxygens (including phenoxy) is 1. The van der Waals surface area contributed by atoms with Gasteiger partial charge in [-0.15, -0.1) is 11.3 Å². The van der Waals surface area contributed by atoms with E-state index in [2.05, 4.69) is 58.4 Å². The van der Waals surface area contributed by atoms with Crippen molar-refractivity contribution in [1.29, 1.82) is 0 Å². The summed E-state index contributed by atoms with van der Waals surface area (Å²) in [5.41, 5.74) is 3.84. The van der Waals surface area contributed by atoms with Gasteiger partial charge in [0.05, 0.1) is 13.2 Å². The Morgan fingerprint density at radius 2 is 1.93 bits per heavy atom. The molecule has 3 aromatic rings. The predicted octanol–water partition coefficient (Wildman–Crippen LogP) is 3.69. The third kappa shape index (κ3) is 4.03. The van der Waals surface area contributed by atoms with Crippen LogP contribution in [0.2, 0.25) is 0 Å². The van der Waals surface area contributed by atoms with E-state index in [0.29, 0.717) is 26.2 Å². The van der Waals surface area contributed by atoms with Crippen molar-refractivity contribution in [2.24, 2.45) is 0 Å². The number of aromatic nitrogens is 1. The maximum Gasteiger partial charge on any atom is 0.237 e. The molecule has 3 heterocycles. The van der Waals surface area contributed by atoms with Gasteiger partial charge in [-0.25, -0.2) is 4.98 Å². The fourth-order valence-electron chi connectivity index (χ4n) is 4.45. The molecule has 0 saturated carbocycles. The molecule has 0 N–H and O–H groups in total. The minimum absolute atomic E-state index is 0.0364. The molecule has 1 saturated heterocycles. The third-order valence-corrected chi connectivity index (χ3v) is 6.85. The van der Waals surface area contributed by atoms with E-state index in [0.717, 1.165) is 18.1 Å². The number of rotatable bonds is 4. The van der Waals surface area contributed by atoms with Crippen LogP contribution in [-0.2, 0) is 16.1 Å². The lowest BCUT2D eigenvalue weighted by Crippen LogP contribution is -2.47. The zero-order valence-corrected chi connectivity index (χ0v) is 17.6. The lowest BCUT2D eigenvalue weighted by atomic mass is 9.84. The third-order valence-electron chi connectivity index (χ3n) is 5.99. The summed E-state index contributed by atoms with van der Waals surface area (Å²) in [6.07, 6.45) is 1.77. The van der Waals surface area contributed by atoms with Gasteiger partial charge in [-0.3, -0.25) is 9.69 Å². The average Bonchev–Trinajstić information content (AvgIpc) is 3.34. The number of fused-ring (bicyclic) bond motifs is 1. The first kappa shape index (κ1) is 19.4. The molecule has 0 radical (unpaired) electrons. The quantitative estimate of drug-likeness (QED) is 0.647. The van der Waals surface area contributed by atoms with Gasteiger partial charge in [-0.2, -0.15) is 0 Å². The highest BCUT2D eigenvalue weighted by atomic mass is 32.1. The summed E-state index contributed by atoms with van der Waals surface area (Å²) in [7, 11) is 0. The average molecular weight is 420 g/mol. The molecule has 1 amide bonds. The molecule has 2 aliphatic heterocycles. The minimum atomic E-state index is -0.0364. The van der Waals surface area contributed by atoms with Gasteiger partial charge in [0.25, 0.3) is 0 Å². The molecule has 30 heavy (non-hydrogen) atoms. The summed E-state index contributed by atoms with van der Waals surface area (Å²) in [6.45, 7) is 3.95. The molecule has 2 aromatic carbocycles. The normalized spacial score (nSPS) is 21.9. The van der Waals surface area contributed by atoms with E-state index in [9.17, 15) is 4.79 Å². The topological polar surface area (TPSA) is 45.7 Å². The lowest BCUT2D eigenvalue weighted by Gasteiger charge is -2.37. The Morgan fingerprint density at radius 1 is 1.10 bits per heavy atom. The molecule has 6 heteroatoms. The molecular formula is C24H25N3O2S. The summed E-state index contributed by atoms with van der Waals surface area (Å²) in [5, 5.41) is 2.96. The fraction of sp³-hybridized carbons (Fsp3) is 0.333. The SMILES string of the molecule is O=C(CN1CCOC(c2nccs2)C1)N1Cc2ccccc2C(c2ccccc2)C1. The van der Waals surface area contributed by atoms with E-state index < -0.39 is 0 Å². The number of nitrogens with zero attached hydrogens (tertiary/aromatic N) is 3. The summed E-state index contributed by atoms with van der Waals surface area (Å²) >= 11 is 1.61. The van der Waals surface area contributed by atoms with Crippen molar-refractivity contribution in [2.75, 3.05) is 32.8 Å². The Bertz CT molecular complexity index is 993. The molecular weight excluding hydrogens is 394 g/mol. The van der Waals surface area contributed by atoms with E-state index in [1.165, 1.54) is 16.7 Å². The Kier molecular flexibility index (Phi) is 5.62. The summed E-state index contributed by atoms with van der Waals surface area (Å²) < 4.78 is 5.88. The molecule has 5 nitrogen and oxygen atoms in total. The molecule has 1 aromatic heterocycles. The van der Waals surface area contributed by atoms with Gasteiger partial charge in [0.15, 0.2) is 0 Å². The molecule has 5 rings (SSSR count). The van der Waals surface area contributed by atoms with Crippen LogP contribution >= 0.6 is 11.3 Å². The van der Waals surface area contributed by atoms with Crippen LogP contribution in [0.3, 0.4) is 0 Å². The molecule has 154 valence electrons. The number of thiazole rings is 1. The summed E-state index contributed by atoms with van der Waals surface area (Å²) in [6, 6.07) is 19.0. The van der Waals surface area contributed by atoms with Crippen LogP contribution in [0.25, 0.3) is 0 Å². The smallest absolute Gasteiger partial charge is 0.237 e. The van der Waals surface area contributed by atoms with E-state index in [-0.39, 0.29) is 17.9 Å². The first-order valence-electron chi connectivity index (χ1n) is 10.4. The number of benzene rings is 2. The van der Waals surface area contributed by atoms with Crippen molar-refractivity contribution in [2.45, 2.75) is 18.6 Å². The number of hydrogen-bond donors (Lipinski definition) is 0. The standard InChI is InChI=1S/C24H25N3O2S/c28-23(17-26-11-12-29-22(16-26)24-25-10-13-30-24)27-14-19-8-4-5-9-20(19)21(15-27)18-6-2-1-3-7-18/h1-10,13,21-22H,11-12,14-17H2. The van der Waals surface area contributed by atoms with Crippen molar-refractivity contribution in [1.82, 2.24) is 14.8 Å². The largest absolute Gasteiger partial charge is 0.368 e. The fourth-order valence-corrected chi connectivity index (χ4v) is 5.12. The van der Waals surface area contributed by atoms with E-state index in [1.54, 1.807) is 11.3 Å². The first-order chi connectivity index (χ1) is 14.8. The van der Waals surface area contributed by atoms with Gasteiger partial charge in [-0.05, 0) is 16.7 Å². The second-order valence-electron chi connectivity index (χ2n) is 7.90. The van der Waals surface area contributed by atoms with Crippen LogP contribution in [0.1, 0.15) is 33.7 Å². The Balaban J connectivity index is 1.31. The van der Waals surface area contributed by atoms with Crippen LogP contribution in [0.15, 0.2) is 66.2 Å². The van der Waals surface area contributed by atoms with Crippen molar-refractivity contribution in [3.63, 3.8) is 0 Å². The van der Waals surface area contributed by atoms with Gasteiger partial charge in [0.1, 0.15) is 11.1 Å². The zero-order chi connectivity index (χ0) is 20.3. The lowest BCUT2D eigenvalue weighted by molar-refractivity contribution is -0.135. The molecule has 2 aliphatic rings. The molecule has 2 atom stereocenters. The van der Waals surface area contributed by atoms with E-state index in [4.69, 9.17) is 4.74 Å². The van der Waals surface area contributed by atoms with Crippen molar-refractivity contribution < 1.29 is 9.53 Å². The van der Waals surface area contributed by atoms with Crippen molar-refractivity contribution in [3.05, 3.63) is 87.9 Å². The van der Waals surface area contributed by atoms with Gasteiger partial charge in [0, 0.05) is 43.7 Å². The predicted molar refractivity (Wildman–Crippen MR) is 117 cm³/mol. The summed E-state index contributed by atoms with van der Waals surface area (Å²) in [4.78, 5) is 21.9. The molecule has 1 fully saturated rings. The van der Waals surface area contributed by atoms with Gasteiger partial charge in [-0.1, -0.05) is 54.6 Å². The van der Waals surface area contributed by atoms with Gasteiger partial charge in [0.2, 0.25) is 5.91 Å². The van der Waals surface area contributed by atoms with Crippen LogP contribution in [-0.4, -0.2) is 53.5 Å². The maximum atomic E-state index is 13.3. The number of morpholine rings is 1. The number of carbonyl (C=O) groups is 1. The van der Waals surface area contributed by atoms with Gasteiger partial charge >= 0.3 is 0 Å². The highest BCUT2D eigenvalue weighted by Gasteiger charge is 2.31. The monoisotopic (exact) mass is 419 g/mol. The first-order valence-corrected chi connectivity index (χ1v) is 11.3. The van der Waals surface area contributed by atoms with Crippen LogP contribution < -0.4 is 0 Å². The summed E-state index contributed by atoms with van der Waals surface area (Å²) in [5.74, 6) is 0.401. The van der Waals surface area contributed by atoms with E-state index >= 15 is 0 Å². The molecule has 2 unspecified atom stereocenters. The molecule has 0 spiro atoms. The number of hydrogen-bond acceptors (Lipinski definition) is 5. The minimum Gasteiger partial charge on any atom is -0.368 e. The second-order valence-corrected chi connectivity index (χ2v) is 8.83. The van der Waals surface area contributed by atoms with E-state index in [1.807, 2.05) is 22.5 Å². The second kappa shape index (κ2) is 8.68. The van der Waals surface area contributed by atoms with Crippen molar-refractivity contribution >= 4 is 17.2 Å². The van der Waals surface area contributed by atoms with Crippen molar-refractivity contribution in [3.8, 4) is 0 Å². The van der Waals surface area contributed by atoms with Gasteiger partial charge < -0.3 is 9.64 Å². The van der Waals surface area contributed by atoms with Crippen LogP contribution in [0.4, 0.5) is 0 Å². The Morgan fingerprint density at radius 3 is 2.77 bits per heavy atom.